The van der Waals surface area contributed by atoms with E-state index in [1.165, 1.54) is 12.3 Å². The van der Waals surface area contributed by atoms with Gasteiger partial charge in [-0.2, -0.15) is 0 Å². The number of aliphatic imine (C=N–C) groups is 1. The van der Waals surface area contributed by atoms with Crippen molar-refractivity contribution >= 4 is 33.9 Å². The summed E-state index contributed by atoms with van der Waals surface area (Å²) < 4.78 is 16.2. The lowest BCUT2D eigenvalue weighted by Gasteiger charge is -2.05. The Hall–Kier alpha value is -2.34. The zero-order valence-electron chi connectivity index (χ0n) is 11.0. The van der Waals surface area contributed by atoms with Crippen LogP contribution in [0.15, 0.2) is 56.2 Å². The average molecular weight is 348 g/mol. The number of hydrogen-bond acceptors (Lipinski definition) is 5. The highest BCUT2D eigenvalue weighted by Gasteiger charge is 2.25. The highest BCUT2D eigenvalue weighted by atomic mass is 79.9. The number of benzene rings is 1. The Morgan fingerprint density at radius 3 is 2.86 bits per heavy atom. The second-order valence-corrected chi connectivity index (χ2v) is 5.05. The molecule has 0 radical (unpaired) electrons. The maximum Gasteiger partial charge on any atom is 0.363 e. The number of ether oxygens (including phenoxy) is 2. The molecule has 0 saturated carbocycles. The van der Waals surface area contributed by atoms with Crippen LogP contribution in [0.3, 0.4) is 0 Å². The highest BCUT2D eigenvalue weighted by molar-refractivity contribution is 9.10. The summed E-state index contributed by atoms with van der Waals surface area (Å²) >= 11 is 3.41. The van der Waals surface area contributed by atoms with Gasteiger partial charge in [0.2, 0.25) is 5.90 Å². The largest absolute Gasteiger partial charge is 0.497 e. The molecule has 0 aliphatic carbocycles. The summed E-state index contributed by atoms with van der Waals surface area (Å²) in [6.07, 6.45) is 3.06. The van der Waals surface area contributed by atoms with Gasteiger partial charge < -0.3 is 13.9 Å². The first kappa shape index (κ1) is 13.6. The van der Waals surface area contributed by atoms with Crippen molar-refractivity contribution in [3.05, 3.63) is 58.1 Å². The van der Waals surface area contributed by atoms with E-state index in [1.54, 1.807) is 37.4 Å². The van der Waals surface area contributed by atoms with Crippen LogP contribution in [0, 0.1) is 0 Å². The monoisotopic (exact) mass is 347 g/mol. The van der Waals surface area contributed by atoms with Crippen molar-refractivity contribution in [3.8, 4) is 5.75 Å². The lowest BCUT2D eigenvalue weighted by Crippen LogP contribution is -2.06. The van der Waals surface area contributed by atoms with Crippen molar-refractivity contribution in [2.24, 2.45) is 4.99 Å². The standard InChI is InChI=1S/C15H10BrNO4/c1-19-9-4-5-11(12(16)7-9)14-17-13(15(18)21-14)8-10-3-2-6-20-10/h2-8H,1H3/b13-8-. The molecule has 1 aromatic heterocycles. The zero-order valence-corrected chi connectivity index (χ0v) is 12.6. The van der Waals surface area contributed by atoms with Crippen LogP contribution in [0.4, 0.5) is 0 Å². The molecule has 2 heterocycles. The van der Waals surface area contributed by atoms with Gasteiger partial charge in [-0.3, -0.25) is 0 Å². The van der Waals surface area contributed by atoms with E-state index < -0.39 is 5.97 Å². The number of cyclic esters (lactones) is 1. The molecule has 0 atom stereocenters. The van der Waals surface area contributed by atoms with Crippen LogP contribution in [-0.4, -0.2) is 19.0 Å². The number of hydrogen-bond donors (Lipinski definition) is 0. The summed E-state index contributed by atoms with van der Waals surface area (Å²) in [5.41, 5.74) is 0.870. The number of halogens is 1. The quantitative estimate of drug-likeness (QED) is 0.630. The first-order chi connectivity index (χ1) is 10.2. The number of methoxy groups -OCH3 is 1. The molecule has 6 heteroatoms. The summed E-state index contributed by atoms with van der Waals surface area (Å²) in [5, 5.41) is 0. The maximum atomic E-state index is 11.8. The van der Waals surface area contributed by atoms with E-state index in [9.17, 15) is 4.79 Å². The normalized spacial score (nSPS) is 16.0. The van der Waals surface area contributed by atoms with Crippen LogP contribution in [0.1, 0.15) is 11.3 Å². The van der Waals surface area contributed by atoms with E-state index in [2.05, 4.69) is 20.9 Å². The lowest BCUT2D eigenvalue weighted by atomic mass is 10.2. The average Bonchev–Trinajstić information content (AvgIpc) is 3.10. The van der Waals surface area contributed by atoms with Crippen LogP contribution in [0.5, 0.6) is 5.75 Å². The van der Waals surface area contributed by atoms with Crippen LogP contribution < -0.4 is 4.74 Å². The minimum Gasteiger partial charge on any atom is -0.497 e. The van der Waals surface area contributed by atoms with Gasteiger partial charge in [0.15, 0.2) is 5.70 Å². The Bertz CT molecular complexity index is 747. The number of rotatable bonds is 3. The van der Waals surface area contributed by atoms with Gasteiger partial charge in [-0.25, -0.2) is 9.79 Å². The molecule has 0 fully saturated rings. The van der Waals surface area contributed by atoms with Crippen molar-refractivity contribution in [3.63, 3.8) is 0 Å². The summed E-state index contributed by atoms with van der Waals surface area (Å²) in [4.78, 5) is 16.0. The zero-order chi connectivity index (χ0) is 14.8. The highest BCUT2D eigenvalue weighted by Crippen LogP contribution is 2.27. The van der Waals surface area contributed by atoms with Crippen LogP contribution in [-0.2, 0) is 9.53 Å². The van der Waals surface area contributed by atoms with Gasteiger partial charge in [-0.15, -0.1) is 0 Å². The Morgan fingerprint density at radius 1 is 1.33 bits per heavy atom. The molecule has 3 rings (SSSR count). The van der Waals surface area contributed by atoms with E-state index in [0.717, 1.165) is 4.47 Å². The molecular formula is C15H10BrNO4. The minimum atomic E-state index is -0.510. The smallest absolute Gasteiger partial charge is 0.363 e. The Kier molecular flexibility index (Phi) is 3.62. The number of esters is 1. The van der Waals surface area contributed by atoms with Crippen LogP contribution >= 0.6 is 15.9 Å². The fourth-order valence-electron chi connectivity index (χ4n) is 1.83. The van der Waals surface area contributed by atoms with Crippen LogP contribution in [0.2, 0.25) is 0 Å². The van der Waals surface area contributed by atoms with Gasteiger partial charge in [0.1, 0.15) is 11.5 Å². The third kappa shape index (κ3) is 2.75. The van der Waals surface area contributed by atoms with Gasteiger partial charge in [-0.05, 0) is 46.3 Å². The molecule has 0 amide bonds. The Morgan fingerprint density at radius 2 is 2.19 bits per heavy atom. The Labute approximate surface area is 129 Å². The molecule has 0 saturated heterocycles. The van der Waals surface area contributed by atoms with Crippen molar-refractivity contribution in [1.29, 1.82) is 0 Å². The minimum absolute atomic E-state index is 0.197. The van der Waals surface area contributed by atoms with Crippen molar-refractivity contribution in [2.75, 3.05) is 7.11 Å². The predicted octanol–water partition coefficient (Wildman–Crippen LogP) is 3.40. The van der Waals surface area contributed by atoms with Gasteiger partial charge in [0.05, 0.1) is 18.9 Å². The topological polar surface area (TPSA) is 61.0 Å². The van der Waals surface area contributed by atoms with Crippen LogP contribution in [0.25, 0.3) is 6.08 Å². The van der Waals surface area contributed by atoms with Crippen molar-refractivity contribution < 1.29 is 18.7 Å². The summed E-state index contributed by atoms with van der Waals surface area (Å²) in [6, 6.07) is 8.78. The lowest BCUT2D eigenvalue weighted by molar-refractivity contribution is -0.129. The maximum absolute atomic E-state index is 11.8. The van der Waals surface area contributed by atoms with E-state index in [4.69, 9.17) is 13.9 Å². The third-order valence-electron chi connectivity index (χ3n) is 2.85. The molecule has 106 valence electrons. The number of nitrogens with zero attached hydrogens (tertiary/aromatic N) is 1. The van der Waals surface area contributed by atoms with Gasteiger partial charge in [0, 0.05) is 10.5 Å². The van der Waals surface area contributed by atoms with Gasteiger partial charge in [0.25, 0.3) is 0 Å². The number of furan rings is 1. The third-order valence-corrected chi connectivity index (χ3v) is 3.51. The first-order valence-corrected chi connectivity index (χ1v) is 6.86. The molecule has 1 aromatic carbocycles. The summed E-state index contributed by atoms with van der Waals surface area (Å²) in [7, 11) is 1.58. The molecule has 2 aromatic rings. The molecule has 1 aliphatic rings. The molecule has 0 N–H and O–H groups in total. The van der Waals surface area contributed by atoms with E-state index >= 15 is 0 Å². The molecule has 0 spiro atoms. The Balaban J connectivity index is 1.95. The van der Waals surface area contributed by atoms with Gasteiger partial charge in [-0.1, -0.05) is 0 Å². The van der Waals surface area contributed by atoms with Crippen molar-refractivity contribution in [1.82, 2.24) is 0 Å². The molecule has 0 unspecified atom stereocenters. The van der Waals surface area contributed by atoms with Gasteiger partial charge >= 0.3 is 5.97 Å². The SMILES string of the molecule is COc1ccc(C2=N/C(=C\c3ccco3)C(=O)O2)c(Br)c1. The van der Waals surface area contributed by atoms with E-state index in [1.807, 2.05) is 0 Å². The fourth-order valence-corrected chi connectivity index (χ4v) is 2.36. The first-order valence-electron chi connectivity index (χ1n) is 6.07. The number of carbonyl (C=O) groups is 1. The van der Waals surface area contributed by atoms with E-state index in [0.29, 0.717) is 17.1 Å². The molecule has 5 nitrogen and oxygen atoms in total. The fraction of sp³-hybridized carbons (Fsp3) is 0.0667. The second-order valence-electron chi connectivity index (χ2n) is 4.20. The molecule has 21 heavy (non-hydrogen) atoms. The second kappa shape index (κ2) is 5.57. The summed E-state index contributed by atoms with van der Waals surface area (Å²) in [6.45, 7) is 0. The number of carbonyl (C=O) groups excluding carboxylic acids is 1. The summed E-state index contributed by atoms with van der Waals surface area (Å²) in [5.74, 6) is 0.971. The molecule has 0 bridgehead atoms. The van der Waals surface area contributed by atoms with Crippen molar-refractivity contribution in [2.45, 2.75) is 0 Å². The molecular weight excluding hydrogens is 338 g/mol. The predicted molar refractivity (Wildman–Crippen MR) is 80.0 cm³/mol. The van der Waals surface area contributed by atoms with E-state index in [-0.39, 0.29) is 11.6 Å². The molecule has 1 aliphatic heterocycles.